The minimum Gasteiger partial charge on any atom is -0.493 e. The first kappa shape index (κ1) is 23.2. The molecule has 0 saturated carbocycles. The average molecular weight is 483 g/mol. The number of hydrogen-bond acceptors (Lipinski definition) is 9. The van der Waals surface area contributed by atoms with E-state index in [9.17, 15) is 14.4 Å². The van der Waals surface area contributed by atoms with Crippen molar-refractivity contribution in [3.8, 4) is 11.5 Å². The van der Waals surface area contributed by atoms with Gasteiger partial charge in [-0.3, -0.25) is 14.2 Å². The Balaban J connectivity index is 1.86. The molecule has 3 heterocycles. The molecule has 1 unspecified atom stereocenters. The summed E-state index contributed by atoms with van der Waals surface area (Å²) < 4.78 is 23.1. The van der Waals surface area contributed by atoms with Crippen molar-refractivity contribution in [2.75, 3.05) is 13.7 Å². The summed E-state index contributed by atoms with van der Waals surface area (Å²) in [5, 5.41) is 0. The van der Waals surface area contributed by atoms with Gasteiger partial charge in [-0.2, -0.15) is 0 Å². The summed E-state index contributed by atoms with van der Waals surface area (Å²) in [6.07, 6.45) is 3.17. The van der Waals surface area contributed by atoms with Crippen molar-refractivity contribution >= 4 is 29.4 Å². The SMILES string of the molecule is CCOC(=O)C1=C(C)N=c2sc(=Cc3ccc(OC(C)=O)c(OC)c3)c(=O)n2C1c1ccco1. The second kappa shape index (κ2) is 9.52. The molecule has 0 saturated heterocycles. The first-order valence-electron chi connectivity index (χ1n) is 10.4. The lowest BCUT2D eigenvalue weighted by Crippen LogP contribution is -2.39. The summed E-state index contributed by atoms with van der Waals surface area (Å²) in [6, 6.07) is 7.57. The van der Waals surface area contributed by atoms with E-state index in [0.29, 0.717) is 32.1 Å². The maximum atomic E-state index is 13.5. The van der Waals surface area contributed by atoms with Gasteiger partial charge in [0.05, 0.1) is 35.8 Å². The van der Waals surface area contributed by atoms with Crippen molar-refractivity contribution in [1.82, 2.24) is 4.57 Å². The van der Waals surface area contributed by atoms with Gasteiger partial charge in [-0.05, 0) is 49.8 Å². The van der Waals surface area contributed by atoms with Crippen LogP contribution >= 0.6 is 11.3 Å². The normalized spacial score (nSPS) is 15.5. The molecule has 0 N–H and O–H groups in total. The van der Waals surface area contributed by atoms with Crippen molar-refractivity contribution in [1.29, 1.82) is 0 Å². The second-order valence-corrected chi connectivity index (χ2v) is 8.33. The highest BCUT2D eigenvalue weighted by Crippen LogP contribution is 2.31. The van der Waals surface area contributed by atoms with Gasteiger partial charge in [-0.1, -0.05) is 17.4 Å². The number of hydrogen-bond donors (Lipinski definition) is 0. The number of esters is 2. The number of thiazole rings is 1. The fourth-order valence-electron chi connectivity index (χ4n) is 3.67. The van der Waals surface area contributed by atoms with E-state index in [4.69, 9.17) is 18.6 Å². The summed E-state index contributed by atoms with van der Waals surface area (Å²) in [4.78, 5) is 42.5. The van der Waals surface area contributed by atoms with Crippen LogP contribution in [0.25, 0.3) is 6.08 Å². The van der Waals surface area contributed by atoms with Gasteiger partial charge in [0, 0.05) is 6.92 Å². The van der Waals surface area contributed by atoms with Gasteiger partial charge in [0.2, 0.25) is 0 Å². The van der Waals surface area contributed by atoms with Crippen LogP contribution in [0, 0.1) is 0 Å². The molecule has 1 aromatic carbocycles. The Hall–Kier alpha value is -3.92. The molecule has 3 aromatic rings. The third-order valence-corrected chi connectivity index (χ3v) is 6.05. The molecule has 176 valence electrons. The number of rotatable bonds is 6. The summed E-state index contributed by atoms with van der Waals surface area (Å²) in [6.45, 7) is 4.91. The minimum absolute atomic E-state index is 0.191. The zero-order valence-electron chi connectivity index (χ0n) is 19.0. The monoisotopic (exact) mass is 482 g/mol. The molecule has 1 aliphatic rings. The zero-order valence-corrected chi connectivity index (χ0v) is 19.8. The average Bonchev–Trinajstić information content (AvgIpc) is 3.42. The first-order valence-corrected chi connectivity index (χ1v) is 11.2. The molecule has 0 bridgehead atoms. The van der Waals surface area contributed by atoms with E-state index in [-0.39, 0.29) is 23.5 Å². The van der Waals surface area contributed by atoms with Crippen LogP contribution in [0.1, 0.15) is 38.1 Å². The summed E-state index contributed by atoms with van der Waals surface area (Å²) in [7, 11) is 1.46. The lowest BCUT2D eigenvalue weighted by atomic mass is 10.0. The molecule has 10 heteroatoms. The van der Waals surface area contributed by atoms with Crippen molar-refractivity contribution < 1.29 is 28.2 Å². The van der Waals surface area contributed by atoms with Crippen LogP contribution in [-0.4, -0.2) is 30.2 Å². The van der Waals surface area contributed by atoms with Crippen LogP contribution in [0.3, 0.4) is 0 Å². The van der Waals surface area contributed by atoms with Crippen molar-refractivity contribution in [2.45, 2.75) is 26.8 Å². The first-order chi connectivity index (χ1) is 16.3. The summed E-state index contributed by atoms with van der Waals surface area (Å²) in [5.74, 6) is 0.0412. The number of carbonyl (C=O) groups is 2. The van der Waals surface area contributed by atoms with Crippen LogP contribution in [0.15, 0.2) is 62.1 Å². The van der Waals surface area contributed by atoms with E-state index in [1.54, 1.807) is 50.3 Å². The molecule has 0 radical (unpaired) electrons. The van der Waals surface area contributed by atoms with Gasteiger partial charge in [0.1, 0.15) is 11.8 Å². The number of carbonyl (C=O) groups excluding carboxylic acids is 2. The molecule has 1 aliphatic heterocycles. The van der Waals surface area contributed by atoms with E-state index in [1.807, 2.05) is 0 Å². The lowest BCUT2D eigenvalue weighted by Gasteiger charge is -2.22. The zero-order chi connectivity index (χ0) is 24.4. The molecule has 4 rings (SSSR count). The van der Waals surface area contributed by atoms with Gasteiger partial charge in [-0.25, -0.2) is 9.79 Å². The van der Waals surface area contributed by atoms with Gasteiger partial charge in [0.25, 0.3) is 5.56 Å². The van der Waals surface area contributed by atoms with Gasteiger partial charge >= 0.3 is 11.9 Å². The fourth-order valence-corrected chi connectivity index (χ4v) is 4.72. The van der Waals surface area contributed by atoms with Crippen molar-refractivity contribution in [3.05, 3.63) is 78.9 Å². The number of furan rings is 1. The predicted molar refractivity (Wildman–Crippen MR) is 123 cm³/mol. The summed E-state index contributed by atoms with van der Waals surface area (Å²) >= 11 is 1.19. The third-order valence-electron chi connectivity index (χ3n) is 5.07. The largest absolute Gasteiger partial charge is 0.493 e. The number of fused-ring (bicyclic) bond motifs is 1. The molecular weight excluding hydrogens is 460 g/mol. The number of ether oxygens (including phenoxy) is 3. The standard InChI is InChI=1S/C24H22N2O7S/c1-5-31-23(29)20-13(2)25-24-26(21(20)17-7-6-10-32-17)22(28)19(34-24)12-15-8-9-16(33-14(3)27)18(11-15)30-4/h6-12,21H,5H2,1-4H3. The number of aromatic nitrogens is 1. The molecule has 9 nitrogen and oxygen atoms in total. The van der Waals surface area contributed by atoms with Gasteiger partial charge in [-0.15, -0.1) is 0 Å². The minimum atomic E-state index is -0.798. The molecule has 2 aromatic heterocycles. The molecule has 0 spiro atoms. The van der Waals surface area contributed by atoms with E-state index in [0.717, 1.165) is 0 Å². The molecule has 1 atom stereocenters. The summed E-state index contributed by atoms with van der Waals surface area (Å²) in [5.41, 5.74) is 1.04. The van der Waals surface area contributed by atoms with E-state index in [2.05, 4.69) is 4.99 Å². The van der Waals surface area contributed by atoms with E-state index in [1.165, 1.54) is 36.2 Å². The quantitative estimate of drug-likeness (QED) is 0.392. The van der Waals surface area contributed by atoms with Crippen LogP contribution in [0.2, 0.25) is 0 Å². The van der Waals surface area contributed by atoms with Crippen LogP contribution in [0.5, 0.6) is 11.5 Å². The Morgan fingerprint density at radius 3 is 2.71 bits per heavy atom. The molecule has 0 amide bonds. The molecule has 34 heavy (non-hydrogen) atoms. The fraction of sp³-hybridized carbons (Fsp3) is 0.250. The van der Waals surface area contributed by atoms with Crippen LogP contribution in [-0.2, 0) is 14.3 Å². The smallest absolute Gasteiger partial charge is 0.338 e. The topological polar surface area (TPSA) is 109 Å². The predicted octanol–water partition coefficient (Wildman–Crippen LogP) is 2.33. The number of methoxy groups -OCH3 is 1. The maximum Gasteiger partial charge on any atom is 0.338 e. The molecular formula is C24H22N2O7S. The van der Waals surface area contributed by atoms with E-state index >= 15 is 0 Å². The third kappa shape index (κ3) is 4.32. The lowest BCUT2D eigenvalue weighted by molar-refractivity contribution is -0.139. The Kier molecular flexibility index (Phi) is 6.51. The number of nitrogens with zero attached hydrogens (tertiary/aromatic N) is 2. The van der Waals surface area contributed by atoms with Crippen LogP contribution < -0.4 is 24.4 Å². The molecule has 0 aliphatic carbocycles. The van der Waals surface area contributed by atoms with Crippen molar-refractivity contribution in [2.24, 2.45) is 4.99 Å². The highest BCUT2D eigenvalue weighted by atomic mass is 32.1. The Morgan fingerprint density at radius 2 is 2.06 bits per heavy atom. The Bertz CT molecular complexity index is 1460. The van der Waals surface area contributed by atoms with Crippen LogP contribution in [0.4, 0.5) is 0 Å². The highest BCUT2D eigenvalue weighted by molar-refractivity contribution is 7.07. The van der Waals surface area contributed by atoms with Gasteiger partial charge in [0.15, 0.2) is 16.3 Å². The number of allylic oxidation sites excluding steroid dienone is 1. The number of benzene rings is 1. The van der Waals surface area contributed by atoms with E-state index < -0.39 is 18.0 Å². The van der Waals surface area contributed by atoms with Gasteiger partial charge < -0.3 is 18.6 Å². The highest BCUT2D eigenvalue weighted by Gasteiger charge is 2.35. The Labute approximate surface area is 198 Å². The van der Waals surface area contributed by atoms with Crippen molar-refractivity contribution in [3.63, 3.8) is 0 Å². The molecule has 0 fully saturated rings. The Morgan fingerprint density at radius 1 is 1.26 bits per heavy atom. The second-order valence-electron chi connectivity index (χ2n) is 7.32. The maximum absolute atomic E-state index is 13.5.